The van der Waals surface area contributed by atoms with Crippen LogP contribution in [0.5, 0.6) is 0 Å². The number of hydrogen-bond donors (Lipinski definition) is 2. The Morgan fingerprint density at radius 3 is 2.18 bits per heavy atom. The Morgan fingerprint density at radius 1 is 0.941 bits per heavy atom. The van der Waals surface area contributed by atoms with Gasteiger partial charge in [-0.1, -0.05) is 39.0 Å². The summed E-state index contributed by atoms with van der Waals surface area (Å²) in [5.74, 6) is 0. The van der Waals surface area contributed by atoms with Crippen LogP contribution in [-0.4, -0.2) is 18.6 Å². The quantitative estimate of drug-likeness (QED) is 0.722. The molecule has 0 saturated heterocycles. The van der Waals surface area contributed by atoms with Gasteiger partial charge in [0.1, 0.15) is 0 Å². The van der Waals surface area contributed by atoms with Gasteiger partial charge in [-0.3, -0.25) is 0 Å². The molecule has 0 unspecified atom stereocenters. The van der Waals surface area contributed by atoms with E-state index in [2.05, 4.69) is 12.2 Å². The maximum atomic E-state index is 6.37. The summed E-state index contributed by atoms with van der Waals surface area (Å²) in [7, 11) is 0. The van der Waals surface area contributed by atoms with Crippen LogP contribution in [0.25, 0.3) is 0 Å². The van der Waals surface area contributed by atoms with E-state index in [-0.39, 0.29) is 5.54 Å². The Morgan fingerprint density at radius 2 is 1.53 bits per heavy atom. The summed E-state index contributed by atoms with van der Waals surface area (Å²) in [5, 5.41) is 3.67. The minimum atomic E-state index is 0.167. The second-order valence-corrected chi connectivity index (χ2v) is 6.87. The molecular weight excluding hydrogens is 208 g/mol. The number of nitrogens with two attached hydrogens (primary N) is 1. The van der Waals surface area contributed by atoms with Gasteiger partial charge in [-0.05, 0) is 44.1 Å². The zero-order valence-corrected chi connectivity index (χ0v) is 11.6. The molecule has 2 saturated carbocycles. The smallest absolute Gasteiger partial charge is 0.0166 e. The van der Waals surface area contributed by atoms with Crippen molar-refractivity contribution in [2.45, 2.75) is 76.7 Å². The molecule has 0 aromatic rings. The third-order valence-corrected chi connectivity index (χ3v) is 5.01. The molecule has 0 spiro atoms. The first-order valence-corrected chi connectivity index (χ1v) is 7.62. The van der Waals surface area contributed by atoms with Crippen molar-refractivity contribution in [3.8, 4) is 0 Å². The van der Waals surface area contributed by atoms with E-state index >= 15 is 0 Å². The first-order valence-electron chi connectivity index (χ1n) is 7.62. The molecule has 0 aromatic carbocycles. The average molecular weight is 238 g/mol. The van der Waals surface area contributed by atoms with E-state index < -0.39 is 0 Å². The molecule has 0 aromatic heterocycles. The van der Waals surface area contributed by atoms with Crippen molar-refractivity contribution in [1.29, 1.82) is 0 Å². The molecule has 0 aliphatic heterocycles. The van der Waals surface area contributed by atoms with Crippen molar-refractivity contribution in [1.82, 2.24) is 5.32 Å². The van der Waals surface area contributed by atoms with Crippen LogP contribution in [0, 0.1) is 5.41 Å². The summed E-state index contributed by atoms with van der Waals surface area (Å²) in [6, 6.07) is 0. The van der Waals surface area contributed by atoms with E-state index in [0.29, 0.717) is 5.41 Å². The Kier molecular flexibility index (Phi) is 4.48. The van der Waals surface area contributed by atoms with Crippen LogP contribution in [0.4, 0.5) is 0 Å². The van der Waals surface area contributed by atoms with Crippen LogP contribution in [0.2, 0.25) is 0 Å². The standard InChI is InChI=1S/C15H30N2/c1-14(7-3-2-4-8-14)13-17-12-11-15(16)9-5-6-10-15/h17H,2-13,16H2,1H3. The Hall–Kier alpha value is -0.0800. The van der Waals surface area contributed by atoms with Crippen LogP contribution in [-0.2, 0) is 0 Å². The van der Waals surface area contributed by atoms with E-state index in [9.17, 15) is 0 Å². The summed E-state index contributed by atoms with van der Waals surface area (Å²) in [4.78, 5) is 0. The average Bonchev–Trinajstić information content (AvgIpc) is 2.73. The molecule has 0 heterocycles. The van der Waals surface area contributed by atoms with Crippen molar-refractivity contribution in [2.75, 3.05) is 13.1 Å². The SMILES string of the molecule is CC1(CNCCC2(N)CCCC2)CCCCC1. The van der Waals surface area contributed by atoms with E-state index in [1.54, 1.807) is 0 Å². The lowest BCUT2D eigenvalue weighted by Gasteiger charge is -2.34. The topological polar surface area (TPSA) is 38.0 Å². The van der Waals surface area contributed by atoms with E-state index in [4.69, 9.17) is 5.73 Å². The summed E-state index contributed by atoms with van der Waals surface area (Å²) < 4.78 is 0. The van der Waals surface area contributed by atoms with Gasteiger partial charge in [-0.2, -0.15) is 0 Å². The van der Waals surface area contributed by atoms with Crippen LogP contribution >= 0.6 is 0 Å². The predicted molar refractivity (Wildman–Crippen MR) is 74.1 cm³/mol. The van der Waals surface area contributed by atoms with Gasteiger partial charge in [0.05, 0.1) is 0 Å². The van der Waals surface area contributed by atoms with Crippen LogP contribution in [0.1, 0.15) is 71.1 Å². The third-order valence-electron chi connectivity index (χ3n) is 5.01. The van der Waals surface area contributed by atoms with E-state index in [0.717, 1.165) is 6.54 Å². The van der Waals surface area contributed by atoms with E-state index in [1.807, 2.05) is 0 Å². The largest absolute Gasteiger partial charge is 0.325 e. The van der Waals surface area contributed by atoms with Gasteiger partial charge in [-0.15, -0.1) is 0 Å². The lowest BCUT2D eigenvalue weighted by Crippen LogP contribution is -2.41. The summed E-state index contributed by atoms with van der Waals surface area (Å²) in [5.41, 5.74) is 7.10. The van der Waals surface area contributed by atoms with Gasteiger partial charge in [0.2, 0.25) is 0 Å². The number of rotatable bonds is 5. The molecule has 2 rings (SSSR count). The normalized spacial score (nSPS) is 27.2. The molecule has 0 atom stereocenters. The molecule has 2 aliphatic rings. The zero-order chi connectivity index (χ0) is 12.2. The highest BCUT2D eigenvalue weighted by molar-refractivity contribution is 4.90. The molecule has 0 bridgehead atoms. The molecule has 2 aliphatic carbocycles. The minimum Gasteiger partial charge on any atom is -0.325 e. The van der Waals surface area contributed by atoms with Crippen LogP contribution in [0.15, 0.2) is 0 Å². The molecular formula is C15H30N2. The van der Waals surface area contributed by atoms with Gasteiger partial charge < -0.3 is 11.1 Å². The van der Waals surface area contributed by atoms with Crippen molar-refractivity contribution >= 4 is 0 Å². The summed E-state index contributed by atoms with van der Waals surface area (Å²) >= 11 is 0. The highest BCUT2D eigenvalue weighted by Crippen LogP contribution is 2.35. The highest BCUT2D eigenvalue weighted by Gasteiger charge is 2.29. The highest BCUT2D eigenvalue weighted by atomic mass is 14.9. The maximum absolute atomic E-state index is 6.37. The van der Waals surface area contributed by atoms with Crippen molar-refractivity contribution < 1.29 is 0 Å². The van der Waals surface area contributed by atoms with Crippen molar-refractivity contribution in [3.05, 3.63) is 0 Å². The predicted octanol–water partition coefficient (Wildman–Crippen LogP) is 3.21. The maximum Gasteiger partial charge on any atom is 0.0166 e. The molecule has 17 heavy (non-hydrogen) atoms. The lowest BCUT2D eigenvalue weighted by atomic mass is 9.75. The van der Waals surface area contributed by atoms with Gasteiger partial charge in [0.15, 0.2) is 0 Å². The molecule has 0 radical (unpaired) electrons. The third kappa shape index (κ3) is 3.96. The molecule has 3 N–H and O–H groups in total. The van der Waals surface area contributed by atoms with Gasteiger partial charge in [0, 0.05) is 12.1 Å². The van der Waals surface area contributed by atoms with Crippen LogP contribution in [0.3, 0.4) is 0 Å². The fraction of sp³-hybridized carbons (Fsp3) is 1.00. The monoisotopic (exact) mass is 238 g/mol. The number of nitrogens with one attached hydrogen (secondary N) is 1. The van der Waals surface area contributed by atoms with Crippen LogP contribution < -0.4 is 11.1 Å². The van der Waals surface area contributed by atoms with E-state index in [1.165, 1.54) is 70.8 Å². The zero-order valence-electron chi connectivity index (χ0n) is 11.6. The Bertz CT molecular complexity index is 225. The lowest BCUT2D eigenvalue weighted by molar-refractivity contribution is 0.205. The van der Waals surface area contributed by atoms with Gasteiger partial charge in [-0.25, -0.2) is 0 Å². The number of hydrogen-bond acceptors (Lipinski definition) is 2. The molecule has 2 fully saturated rings. The fourth-order valence-corrected chi connectivity index (χ4v) is 3.64. The van der Waals surface area contributed by atoms with Gasteiger partial charge in [0.25, 0.3) is 0 Å². The Balaban J connectivity index is 1.62. The minimum absolute atomic E-state index is 0.167. The molecule has 100 valence electrons. The fourth-order valence-electron chi connectivity index (χ4n) is 3.64. The van der Waals surface area contributed by atoms with Crippen molar-refractivity contribution in [3.63, 3.8) is 0 Å². The molecule has 0 amide bonds. The summed E-state index contributed by atoms with van der Waals surface area (Å²) in [6.45, 7) is 4.77. The second-order valence-electron chi connectivity index (χ2n) is 6.87. The second kappa shape index (κ2) is 5.71. The molecule has 2 nitrogen and oxygen atoms in total. The first-order chi connectivity index (χ1) is 8.12. The Labute approximate surface area is 107 Å². The van der Waals surface area contributed by atoms with Gasteiger partial charge >= 0.3 is 0 Å². The first kappa shape index (κ1) is 13.4. The summed E-state index contributed by atoms with van der Waals surface area (Å²) in [6.07, 6.45) is 13.5. The van der Waals surface area contributed by atoms with Crippen molar-refractivity contribution in [2.24, 2.45) is 11.1 Å². The molecule has 2 heteroatoms.